The fourth-order valence-corrected chi connectivity index (χ4v) is 4.68. The third-order valence-electron chi connectivity index (χ3n) is 4.85. The van der Waals surface area contributed by atoms with Gasteiger partial charge in [-0.25, -0.2) is 17.5 Å². The zero-order chi connectivity index (χ0) is 23.1. The summed E-state index contributed by atoms with van der Waals surface area (Å²) in [6.45, 7) is 8.63. The zero-order valence-corrected chi connectivity index (χ0v) is 19.7. The van der Waals surface area contributed by atoms with Crippen molar-refractivity contribution in [2.45, 2.75) is 51.4 Å². The zero-order valence-electron chi connectivity index (χ0n) is 18.9. The van der Waals surface area contributed by atoms with Crippen molar-refractivity contribution in [1.82, 2.24) is 15.4 Å². The second-order valence-electron chi connectivity index (χ2n) is 8.47. The molecule has 2 aromatic carbocycles. The highest BCUT2D eigenvalue weighted by Gasteiger charge is 2.21. The molecule has 0 saturated carbocycles. The summed E-state index contributed by atoms with van der Waals surface area (Å²) in [4.78, 5) is 4.25. The molecule has 0 atom stereocenters. The second-order valence-corrected chi connectivity index (χ2v) is 10.2. The molecule has 6 nitrogen and oxygen atoms in total. The molecule has 0 aliphatic carbocycles. The van der Waals surface area contributed by atoms with Gasteiger partial charge in [-0.1, -0.05) is 50.2 Å². The Bertz CT molecular complexity index is 1000. The average molecular weight is 449 g/mol. The van der Waals surface area contributed by atoms with Crippen LogP contribution in [-0.4, -0.2) is 34.0 Å². The summed E-state index contributed by atoms with van der Waals surface area (Å²) in [5.74, 6) is 0.246. The Morgan fingerprint density at radius 1 is 1.06 bits per heavy atom. The predicted octanol–water partition coefficient (Wildman–Crippen LogP) is 3.30. The van der Waals surface area contributed by atoms with Crippen LogP contribution in [0.15, 0.2) is 53.5 Å². The third-order valence-corrected chi connectivity index (χ3v) is 6.37. The number of benzene rings is 2. The molecular formula is C23H33FN4O2S. The quantitative estimate of drug-likeness (QED) is 0.406. The highest BCUT2D eigenvalue weighted by molar-refractivity contribution is 7.88. The molecular weight excluding hydrogens is 415 g/mol. The largest absolute Gasteiger partial charge is 0.356 e. The molecule has 0 aliphatic rings. The first-order valence-electron chi connectivity index (χ1n) is 10.3. The van der Waals surface area contributed by atoms with Gasteiger partial charge in [-0.3, -0.25) is 4.99 Å². The topological polar surface area (TPSA) is 82.6 Å². The van der Waals surface area contributed by atoms with E-state index in [1.165, 1.54) is 6.07 Å². The van der Waals surface area contributed by atoms with Crippen LogP contribution in [0, 0.1) is 5.82 Å². The minimum Gasteiger partial charge on any atom is -0.356 e. The van der Waals surface area contributed by atoms with Gasteiger partial charge in [-0.15, -0.1) is 0 Å². The first-order chi connectivity index (χ1) is 14.5. The van der Waals surface area contributed by atoms with E-state index in [0.29, 0.717) is 19.0 Å². The molecule has 170 valence electrons. The Hall–Kier alpha value is -2.45. The summed E-state index contributed by atoms with van der Waals surface area (Å²) in [6.07, 6.45) is 0. The third kappa shape index (κ3) is 7.95. The number of sulfonamides is 1. The fourth-order valence-electron chi connectivity index (χ4n) is 3.19. The SMILES string of the molecule is CN=C(NCc1ccccc1CS(=O)(=O)NC(C)C)NCC(C)(C)c1cccc(F)c1. The van der Waals surface area contributed by atoms with Crippen molar-refractivity contribution in [3.63, 3.8) is 0 Å². The van der Waals surface area contributed by atoms with E-state index in [1.54, 1.807) is 33.0 Å². The van der Waals surface area contributed by atoms with E-state index >= 15 is 0 Å². The highest BCUT2D eigenvalue weighted by Crippen LogP contribution is 2.22. The van der Waals surface area contributed by atoms with E-state index in [9.17, 15) is 12.8 Å². The van der Waals surface area contributed by atoms with Gasteiger partial charge in [-0.2, -0.15) is 0 Å². The summed E-state index contributed by atoms with van der Waals surface area (Å²) in [5.41, 5.74) is 2.19. The number of rotatable bonds is 9. The number of hydrogen-bond acceptors (Lipinski definition) is 3. The van der Waals surface area contributed by atoms with Gasteiger partial charge >= 0.3 is 0 Å². The lowest BCUT2D eigenvalue weighted by atomic mass is 9.84. The first-order valence-corrected chi connectivity index (χ1v) is 11.9. The van der Waals surface area contributed by atoms with Crippen LogP contribution in [0.3, 0.4) is 0 Å². The van der Waals surface area contributed by atoms with Crippen LogP contribution in [0.25, 0.3) is 0 Å². The van der Waals surface area contributed by atoms with Crippen LogP contribution in [0.5, 0.6) is 0 Å². The van der Waals surface area contributed by atoms with Crippen LogP contribution >= 0.6 is 0 Å². The molecule has 31 heavy (non-hydrogen) atoms. The lowest BCUT2D eigenvalue weighted by Crippen LogP contribution is -2.43. The van der Waals surface area contributed by atoms with Gasteiger partial charge in [0.05, 0.1) is 5.75 Å². The summed E-state index contributed by atoms with van der Waals surface area (Å²) in [6, 6.07) is 13.9. The van der Waals surface area contributed by atoms with Crippen LogP contribution < -0.4 is 15.4 Å². The molecule has 2 aromatic rings. The van der Waals surface area contributed by atoms with Crippen molar-refractivity contribution in [2.24, 2.45) is 4.99 Å². The standard InChI is InChI=1S/C23H33FN4O2S/c1-17(2)28-31(29,30)15-19-10-7-6-9-18(19)14-26-22(25-5)27-16-23(3,4)20-11-8-12-21(24)13-20/h6-13,17,28H,14-16H2,1-5H3,(H2,25,26,27). The Morgan fingerprint density at radius 3 is 2.35 bits per heavy atom. The van der Waals surface area contributed by atoms with E-state index in [1.807, 2.05) is 44.2 Å². The van der Waals surface area contributed by atoms with E-state index in [4.69, 9.17) is 0 Å². The Kier molecular flexibility index (Phi) is 8.59. The Morgan fingerprint density at radius 2 is 1.74 bits per heavy atom. The first kappa shape index (κ1) is 24.8. The van der Waals surface area contributed by atoms with Crippen LogP contribution in [0.4, 0.5) is 4.39 Å². The number of guanidine groups is 1. The van der Waals surface area contributed by atoms with Crippen molar-refractivity contribution in [1.29, 1.82) is 0 Å². The molecule has 0 fully saturated rings. The van der Waals surface area contributed by atoms with Crippen molar-refractivity contribution >= 4 is 16.0 Å². The molecule has 8 heteroatoms. The number of nitrogens with zero attached hydrogens (tertiary/aromatic N) is 1. The Balaban J connectivity index is 2.02. The lowest BCUT2D eigenvalue weighted by molar-refractivity contribution is 0.503. The smallest absolute Gasteiger partial charge is 0.216 e. The van der Waals surface area contributed by atoms with Gasteiger partial charge < -0.3 is 10.6 Å². The fraction of sp³-hybridized carbons (Fsp3) is 0.435. The molecule has 0 aliphatic heterocycles. The van der Waals surface area contributed by atoms with Crippen LogP contribution in [0.1, 0.15) is 44.4 Å². The monoisotopic (exact) mass is 448 g/mol. The summed E-state index contributed by atoms with van der Waals surface area (Å²) >= 11 is 0. The van der Waals surface area contributed by atoms with Crippen molar-refractivity contribution in [3.05, 3.63) is 71.0 Å². The maximum atomic E-state index is 13.6. The van der Waals surface area contributed by atoms with Crippen molar-refractivity contribution < 1.29 is 12.8 Å². The number of nitrogens with one attached hydrogen (secondary N) is 3. The summed E-state index contributed by atoms with van der Waals surface area (Å²) in [5, 5.41) is 6.52. The normalized spacial score (nSPS) is 12.8. The maximum Gasteiger partial charge on any atom is 0.216 e. The molecule has 0 radical (unpaired) electrons. The second kappa shape index (κ2) is 10.7. The summed E-state index contributed by atoms with van der Waals surface area (Å²) in [7, 11) is -1.74. The number of hydrogen-bond donors (Lipinski definition) is 3. The molecule has 0 saturated heterocycles. The van der Waals surface area contributed by atoms with E-state index in [0.717, 1.165) is 16.7 Å². The van der Waals surface area contributed by atoms with Gasteiger partial charge in [0.2, 0.25) is 10.0 Å². The van der Waals surface area contributed by atoms with E-state index in [2.05, 4.69) is 20.3 Å². The predicted molar refractivity (Wildman–Crippen MR) is 125 cm³/mol. The van der Waals surface area contributed by atoms with Gasteiger partial charge in [0, 0.05) is 31.6 Å². The average Bonchev–Trinajstić information content (AvgIpc) is 2.68. The minimum atomic E-state index is -3.42. The van der Waals surface area contributed by atoms with Gasteiger partial charge in [0.25, 0.3) is 0 Å². The molecule has 0 spiro atoms. The van der Waals surface area contributed by atoms with Gasteiger partial charge in [0.1, 0.15) is 5.82 Å². The van der Waals surface area contributed by atoms with Crippen molar-refractivity contribution in [3.8, 4) is 0 Å². The van der Waals surface area contributed by atoms with Crippen LogP contribution in [-0.2, 0) is 27.7 Å². The molecule has 0 unspecified atom stereocenters. The molecule has 3 N–H and O–H groups in total. The van der Waals surface area contributed by atoms with Crippen molar-refractivity contribution in [2.75, 3.05) is 13.6 Å². The van der Waals surface area contributed by atoms with Gasteiger partial charge in [-0.05, 0) is 42.7 Å². The highest BCUT2D eigenvalue weighted by atomic mass is 32.2. The molecule has 0 aromatic heterocycles. The van der Waals surface area contributed by atoms with E-state index in [-0.39, 0.29) is 23.0 Å². The van der Waals surface area contributed by atoms with E-state index < -0.39 is 10.0 Å². The molecule has 0 amide bonds. The maximum absolute atomic E-state index is 13.6. The molecule has 0 heterocycles. The summed E-state index contributed by atoms with van der Waals surface area (Å²) < 4.78 is 40.9. The molecule has 0 bridgehead atoms. The number of halogens is 1. The Labute approximate surface area is 185 Å². The molecule has 2 rings (SSSR count). The minimum absolute atomic E-state index is 0.0817. The van der Waals surface area contributed by atoms with Gasteiger partial charge in [0.15, 0.2) is 5.96 Å². The van der Waals surface area contributed by atoms with Crippen LogP contribution in [0.2, 0.25) is 0 Å². The lowest BCUT2D eigenvalue weighted by Gasteiger charge is -2.27. The number of aliphatic imine (C=N–C) groups is 1.